The van der Waals surface area contributed by atoms with E-state index < -0.39 is 0 Å². The van der Waals surface area contributed by atoms with Gasteiger partial charge in [-0.3, -0.25) is 9.78 Å². The number of unbranched alkanes of at least 4 members (excludes halogenated alkanes) is 5. The summed E-state index contributed by atoms with van der Waals surface area (Å²) in [6.45, 7) is 4.25. The number of aromatic nitrogens is 2. The molecular formula is C25H35ClN4O2. The topological polar surface area (TPSA) is 79.2 Å². The second-order valence-corrected chi connectivity index (χ2v) is 8.10. The Morgan fingerprint density at radius 2 is 1.69 bits per heavy atom. The van der Waals surface area contributed by atoms with E-state index in [2.05, 4.69) is 27.8 Å². The first kappa shape index (κ1) is 25.7. The summed E-state index contributed by atoms with van der Waals surface area (Å²) in [5, 5.41) is 18.1. The first-order valence-corrected chi connectivity index (χ1v) is 11.2. The number of aromatic hydroxyl groups is 1. The Kier molecular flexibility index (Phi) is 10.5. The van der Waals surface area contributed by atoms with Crippen molar-refractivity contribution in [3.05, 3.63) is 64.2 Å². The SMILES string of the molecule is Cc1cc(=O)c(O)c(CNCCCCCCCCNc2ccnc3ccccc23)n1C.Cl. The van der Waals surface area contributed by atoms with Crippen LogP contribution in [0, 0.1) is 6.92 Å². The average molecular weight is 459 g/mol. The molecule has 0 aliphatic rings. The number of fused-ring (bicyclic) bond motifs is 1. The molecule has 0 unspecified atom stereocenters. The molecule has 0 spiro atoms. The van der Waals surface area contributed by atoms with Crippen LogP contribution < -0.4 is 16.1 Å². The number of para-hydroxylation sites is 1. The molecular weight excluding hydrogens is 424 g/mol. The van der Waals surface area contributed by atoms with Crippen LogP contribution in [0.3, 0.4) is 0 Å². The van der Waals surface area contributed by atoms with Crippen molar-refractivity contribution in [1.82, 2.24) is 14.9 Å². The molecule has 3 rings (SSSR count). The highest BCUT2D eigenvalue weighted by Gasteiger charge is 2.09. The molecule has 0 saturated carbocycles. The number of rotatable bonds is 12. The van der Waals surface area contributed by atoms with Crippen LogP contribution in [0.5, 0.6) is 5.75 Å². The lowest BCUT2D eigenvalue weighted by molar-refractivity contribution is 0.444. The van der Waals surface area contributed by atoms with Crippen molar-refractivity contribution in [2.24, 2.45) is 7.05 Å². The Balaban J connectivity index is 0.00000363. The highest BCUT2D eigenvalue weighted by molar-refractivity contribution is 5.90. The maximum absolute atomic E-state index is 11.7. The molecule has 174 valence electrons. The Morgan fingerprint density at radius 3 is 2.47 bits per heavy atom. The molecule has 7 heteroatoms. The number of aryl methyl sites for hydroxylation is 1. The number of benzene rings is 1. The summed E-state index contributed by atoms with van der Waals surface area (Å²) in [4.78, 5) is 16.1. The van der Waals surface area contributed by atoms with Gasteiger partial charge in [0, 0.05) is 49.2 Å². The number of hydrogen-bond acceptors (Lipinski definition) is 5. The van der Waals surface area contributed by atoms with Gasteiger partial charge in [0.1, 0.15) is 0 Å². The van der Waals surface area contributed by atoms with Gasteiger partial charge in [0.05, 0.1) is 11.2 Å². The molecule has 0 amide bonds. The van der Waals surface area contributed by atoms with Gasteiger partial charge in [0.15, 0.2) is 5.75 Å². The monoisotopic (exact) mass is 458 g/mol. The average Bonchev–Trinajstić information content (AvgIpc) is 2.78. The molecule has 32 heavy (non-hydrogen) atoms. The predicted molar refractivity (Wildman–Crippen MR) is 135 cm³/mol. The fourth-order valence-electron chi connectivity index (χ4n) is 3.83. The quantitative estimate of drug-likeness (QED) is 0.336. The molecule has 1 aromatic carbocycles. The molecule has 0 aliphatic carbocycles. The maximum Gasteiger partial charge on any atom is 0.223 e. The molecule has 2 heterocycles. The van der Waals surface area contributed by atoms with Gasteiger partial charge in [0.25, 0.3) is 0 Å². The van der Waals surface area contributed by atoms with E-state index in [9.17, 15) is 9.90 Å². The summed E-state index contributed by atoms with van der Waals surface area (Å²) < 4.78 is 1.87. The second-order valence-electron chi connectivity index (χ2n) is 8.10. The molecule has 2 aromatic heterocycles. The summed E-state index contributed by atoms with van der Waals surface area (Å²) in [7, 11) is 1.87. The van der Waals surface area contributed by atoms with E-state index >= 15 is 0 Å². The lowest BCUT2D eigenvalue weighted by Crippen LogP contribution is -2.21. The molecule has 0 saturated heterocycles. The van der Waals surface area contributed by atoms with Crippen LogP contribution in [0.25, 0.3) is 10.9 Å². The minimum absolute atomic E-state index is 0. The lowest BCUT2D eigenvalue weighted by atomic mass is 10.1. The van der Waals surface area contributed by atoms with E-state index in [1.54, 1.807) is 0 Å². The molecule has 0 radical (unpaired) electrons. The largest absolute Gasteiger partial charge is 0.503 e. The van der Waals surface area contributed by atoms with Crippen molar-refractivity contribution in [1.29, 1.82) is 0 Å². The fourth-order valence-corrected chi connectivity index (χ4v) is 3.83. The van der Waals surface area contributed by atoms with E-state index in [4.69, 9.17) is 0 Å². The van der Waals surface area contributed by atoms with Gasteiger partial charge in [-0.25, -0.2) is 0 Å². The zero-order chi connectivity index (χ0) is 22.1. The zero-order valence-electron chi connectivity index (χ0n) is 19.1. The van der Waals surface area contributed by atoms with Crippen LogP contribution >= 0.6 is 12.4 Å². The fraction of sp³-hybridized carbons (Fsp3) is 0.440. The Labute approximate surface area is 196 Å². The molecule has 0 fully saturated rings. The van der Waals surface area contributed by atoms with Crippen LogP contribution in [0.15, 0.2) is 47.4 Å². The molecule has 0 aliphatic heterocycles. The Morgan fingerprint density at radius 1 is 1.00 bits per heavy atom. The van der Waals surface area contributed by atoms with E-state index in [1.807, 2.05) is 42.9 Å². The Hall–Kier alpha value is -2.57. The van der Waals surface area contributed by atoms with Gasteiger partial charge in [-0.2, -0.15) is 0 Å². The van der Waals surface area contributed by atoms with Crippen molar-refractivity contribution in [2.45, 2.75) is 52.0 Å². The number of hydrogen-bond donors (Lipinski definition) is 3. The smallest absolute Gasteiger partial charge is 0.223 e. The number of nitrogens with one attached hydrogen (secondary N) is 2. The summed E-state index contributed by atoms with van der Waals surface area (Å²) in [6.07, 6.45) is 9.01. The van der Waals surface area contributed by atoms with Gasteiger partial charge < -0.3 is 20.3 Å². The standard InChI is InChI=1S/C25H34N4O2.ClH/c1-19-17-24(30)25(31)23(29(19)2)18-26-14-9-5-3-4-6-10-15-27-22-13-16-28-21-12-8-7-11-20(21)22;/h7-8,11-13,16-17,26,31H,3-6,9-10,14-15,18H2,1-2H3,(H,27,28);1H. The van der Waals surface area contributed by atoms with E-state index in [0.29, 0.717) is 12.2 Å². The summed E-state index contributed by atoms with van der Waals surface area (Å²) in [5.74, 6) is -0.144. The molecule has 0 bridgehead atoms. The third-order valence-corrected chi connectivity index (χ3v) is 5.82. The minimum Gasteiger partial charge on any atom is -0.503 e. The van der Waals surface area contributed by atoms with Gasteiger partial charge in [-0.1, -0.05) is 43.9 Å². The summed E-state index contributed by atoms with van der Waals surface area (Å²) in [5.41, 5.74) is 3.39. The first-order valence-electron chi connectivity index (χ1n) is 11.2. The third kappa shape index (κ3) is 6.97. The second kappa shape index (κ2) is 13.1. The van der Waals surface area contributed by atoms with Gasteiger partial charge >= 0.3 is 0 Å². The highest BCUT2D eigenvalue weighted by atomic mass is 35.5. The maximum atomic E-state index is 11.7. The number of halogens is 1. The summed E-state index contributed by atoms with van der Waals surface area (Å²) in [6, 6.07) is 11.7. The molecule has 3 aromatic rings. The van der Waals surface area contributed by atoms with Crippen LogP contribution in [0.2, 0.25) is 0 Å². The van der Waals surface area contributed by atoms with Crippen molar-refractivity contribution < 1.29 is 5.11 Å². The van der Waals surface area contributed by atoms with E-state index in [1.165, 1.54) is 37.1 Å². The van der Waals surface area contributed by atoms with Crippen LogP contribution in [-0.2, 0) is 13.6 Å². The number of anilines is 1. The van der Waals surface area contributed by atoms with Crippen molar-refractivity contribution in [3.63, 3.8) is 0 Å². The van der Waals surface area contributed by atoms with Crippen molar-refractivity contribution >= 4 is 29.0 Å². The normalized spacial score (nSPS) is 10.8. The first-order chi connectivity index (χ1) is 15.1. The molecule has 3 N–H and O–H groups in total. The molecule has 0 atom stereocenters. The Bertz CT molecular complexity index is 1050. The zero-order valence-corrected chi connectivity index (χ0v) is 19.9. The van der Waals surface area contributed by atoms with Crippen molar-refractivity contribution in [3.8, 4) is 5.75 Å². The number of pyridine rings is 2. The van der Waals surface area contributed by atoms with Gasteiger partial charge in [-0.05, 0) is 38.4 Å². The van der Waals surface area contributed by atoms with Gasteiger partial charge in [0.2, 0.25) is 5.43 Å². The van der Waals surface area contributed by atoms with Gasteiger partial charge in [-0.15, -0.1) is 12.4 Å². The summed E-state index contributed by atoms with van der Waals surface area (Å²) >= 11 is 0. The van der Waals surface area contributed by atoms with Crippen LogP contribution in [0.1, 0.15) is 49.9 Å². The van der Waals surface area contributed by atoms with Crippen LogP contribution in [-0.4, -0.2) is 27.7 Å². The van der Waals surface area contributed by atoms with E-state index in [-0.39, 0.29) is 23.6 Å². The molecule has 6 nitrogen and oxygen atoms in total. The number of nitrogens with zero attached hydrogens (tertiary/aromatic N) is 2. The highest BCUT2D eigenvalue weighted by Crippen LogP contribution is 2.21. The predicted octanol–water partition coefficient (Wildman–Crippen LogP) is 4.91. The third-order valence-electron chi connectivity index (χ3n) is 5.82. The van der Waals surface area contributed by atoms with E-state index in [0.717, 1.165) is 42.8 Å². The van der Waals surface area contributed by atoms with Crippen LogP contribution in [0.4, 0.5) is 5.69 Å². The lowest BCUT2D eigenvalue weighted by Gasteiger charge is -2.14. The minimum atomic E-state index is -0.306. The van der Waals surface area contributed by atoms with Crippen molar-refractivity contribution in [2.75, 3.05) is 18.4 Å².